The number of carbonyl (C=O) groups is 1. The van der Waals surface area contributed by atoms with Crippen LogP contribution in [0.25, 0.3) is 0 Å². The zero-order valence-corrected chi connectivity index (χ0v) is 16.2. The molecule has 0 saturated carbocycles. The van der Waals surface area contributed by atoms with Crippen LogP contribution in [-0.4, -0.2) is 38.6 Å². The van der Waals surface area contributed by atoms with Crippen LogP contribution in [0.5, 0.6) is 11.5 Å². The van der Waals surface area contributed by atoms with E-state index in [-0.39, 0.29) is 22.7 Å². The molecule has 0 fully saturated rings. The molecule has 9 heteroatoms. The number of halogens is 1. The van der Waals surface area contributed by atoms with Gasteiger partial charge in [0.25, 0.3) is 11.6 Å². The topological polar surface area (TPSA) is 93.9 Å². The Bertz CT molecular complexity index is 870. The summed E-state index contributed by atoms with van der Waals surface area (Å²) >= 11 is 6.20. The lowest BCUT2D eigenvalue weighted by atomic mass is 10.1. The van der Waals surface area contributed by atoms with Crippen LogP contribution in [0.1, 0.15) is 17.3 Å². The number of nitro benzene ring substituents is 1. The van der Waals surface area contributed by atoms with Crippen molar-refractivity contribution in [2.75, 3.05) is 38.0 Å². The first-order chi connectivity index (χ1) is 12.8. The molecular formula is C18H20ClN3O5. The molecule has 0 aliphatic rings. The Morgan fingerprint density at radius 2 is 1.96 bits per heavy atom. The van der Waals surface area contributed by atoms with Gasteiger partial charge in [-0.05, 0) is 25.1 Å². The van der Waals surface area contributed by atoms with E-state index in [1.807, 2.05) is 19.0 Å². The second-order valence-electron chi connectivity index (χ2n) is 5.73. The minimum absolute atomic E-state index is 0.145. The second kappa shape index (κ2) is 8.59. The fourth-order valence-electron chi connectivity index (χ4n) is 2.46. The van der Waals surface area contributed by atoms with Crippen LogP contribution in [0.3, 0.4) is 0 Å². The van der Waals surface area contributed by atoms with Gasteiger partial charge in [0.05, 0.1) is 35.4 Å². The summed E-state index contributed by atoms with van der Waals surface area (Å²) < 4.78 is 10.5. The average molecular weight is 394 g/mol. The molecule has 1 amide bonds. The molecule has 144 valence electrons. The predicted molar refractivity (Wildman–Crippen MR) is 105 cm³/mol. The third kappa shape index (κ3) is 4.59. The zero-order valence-electron chi connectivity index (χ0n) is 15.4. The van der Waals surface area contributed by atoms with Crippen molar-refractivity contribution in [3.63, 3.8) is 0 Å². The molecule has 0 aliphatic carbocycles. The number of amides is 1. The van der Waals surface area contributed by atoms with Crippen molar-refractivity contribution in [1.29, 1.82) is 0 Å². The van der Waals surface area contributed by atoms with E-state index in [4.69, 9.17) is 21.1 Å². The van der Waals surface area contributed by atoms with Crippen molar-refractivity contribution in [3.8, 4) is 11.5 Å². The van der Waals surface area contributed by atoms with E-state index in [9.17, 15) is 14.9 Å². The molecule has 8 nitrogen and oxygen atoms in total. The van der Waals surface area contributed by atoms with E-state index in [0.717, 1.165) is 5.69 Å². The van der Waals surface area contributed by atoms with Crippen LogP contribution >= 0.6 is 11.6 Å². The number of anilines is 2. The Balaban J connectivity index is 2.40. The minimum Gasteiger partial charge on any atom is -0.493 e. The van der Waals surface area contributed by atoms with Crippen LogP contribution < -0.4 is 19.7 Å². The van der Waals surface area contributed by atoms with Gasteiger partial charge in [-0.15, -0.1) is 0 Å². The summed E-state index contributed by atoms with van der Waals surface area (Å²) in [5.74, 6) is -0.230. The molecule has 2 rings (SSSR count). The first-order valence-corrected chi connectivity index (χ1v) is 8.43. The fourth-order valence-corrected chi connectivity index (χ4v) is 2.81. The van der Waals surface area contributed by atoms with Gasteiger partial charge < -0.3 is 19.7 Å². The molecular weight excluding hydrogens is 374 g/mol. The number of ether oxygens (including phenoxy) is 2. The Labute approximate surface area is 161 Å². The molecule has 2 aromatic rings. The van der Waals surface area contributed by atoms with Gasteiger partial charge >= 0.3 is 0 Å². The second-order valence-corrected chi connectivity index (χ2v) is 6.13. The van der Waals surface area contributed by atoms with Gasteiger partial charge in [0.2, 0.25) is 0 Å². The van der Waals surface area contributed by atoms with E-state index < -0.39 is 10.8 Å². The van der Waals surface area contributed by atoms with Gasteiger partial charge in [0.1, 0.15) is 5.56 Å². The minimum atomic E-state index is -0.656. The predicted octanol–water partition coefficient (Wildman–Crippen LogP) is 3.97. The fraction of sp³-hybridized carbons (Fsp3) is 0.278. The van der Waals surface area contributed by atoms with Gasteiger partial charge in [-0.1, -0.05) is 11.6 Å². The largest absolute Gasteiger partial charge is 0.493 e. The van der Waals surface area contributed by atoms with Crippen LogP contribution in [0.2, 0.25) is 5.02 Å². The maximum atomic E-state index is 12.6. The number of methoxy groups -OCH3 is 1. The van der Waals surface area contributed by atoms with Crippen LogP contribution in [0.4, 0.5) is 17.1 Å². The molecule has 0 saturated heterocycles. The number of hydrogen-bond donors (Lipinski definition) is 1. The van der Waals surface area contributed by atoms with Gasteiger partial charge in [0.15, 0.2) is 11.5 Å². The molecule has 0 heterocycles. The normalized spacial score (nSPS) is 10.3. The first kappa shape index (κ1) is 20.3. The van der Waals surface area contributed by atoms with Crippen molar-refractivity contribution in [3.05, 3.63) is 51.0 Å². The molecule has 0 aromatic heterocycles. The first-order valence-electron chi connectivity index (χ1n) is 8.05. The number of nitrogens with zero attached hydrogens (tertiary/aromatic N) is 2. The third-order valence-electron chi connectivity index (χ3n) is 3.71. The Kier molecular flexibility index (Phi) is 6.46. The molecule has 0 atom stereocenters. The Hall–Kier alpha value is -3.00. The highest BCUT2D eigenvalue weighted by Crippen LogP contribution is 2.35. The standard InChI is InChI=1S/C18H20ClN3O5/c1-5-27-17-10-15(22(24)25)12(9-16(17)26-4)18(23)20-11-6-7-14(21(2)3)13(19)8-11/h6-10H,5H2,1-4H3,(H,20,23). The summed E-state index contributed by atoms with van der Waals surface area (Å²) in [6.07, 6.45) is 0. The van der Waals surface area contributed by atoms with Gasteiger partial charge in [0, 0.05) is 25.8 Å². The highest BCUT2D eigenvalue weighted by Gasteiger charge is 2.25. The summed E-state index contributed by atoms with van der Waals surface area (Å²) in [5.41, 5.74) is 0.669. The maximum absolute atomic E-state index is 12.6. The van der Waals surface area contributed by atoms with Crippen molar-refractivity contribution in [2.24, 2.45) is 0 Å². The van der Waals surface area contributed by atoms with Crippen molar-refractivity contribution in [2.45, 2.75) is 6.92 Å². The average Bonchev–Trinajstić information content (AvgIpc) is 2.61. The lowest BCUT2D eigenvalue weighted by Crippen LogP contribution is -2.15. The molecule has 0 unspecified atom stereocenters. The number of rotatable bonds is 7. The number of nitrogens with one attached hydrogen (secondary N) is 1. The Morgan fingerprint density at radius 1 is 1.26 bits per heavy atom. The highest BCUT2D eigenvalue weighted by molar-refractivity contribution is 6.33. The molecule has 0 radical (unpaired) electrons. The molecule has 1 N–H and O–H groups in total. The van der Waals surface area contributed by atoms with Crippen molar-refractivity contribution < 1.29 is 19.2 Å². The third-order valence-corrected chi connectivity index (χ3v) is 4.01. The summed E-state index contributed by atoms with van der Waals surface area (Å²) in [7, 11) is 5.08. The van der Waals surface area contributed by atoms with Gasteiger partial charge in [-0.25, -0.2) is 0 Å². The lowest BCUT2D eigenvalue weighted by Gasteiger charge is -2.16. The zero-order chi connectivity index (χ0) is 20.1. The summed E-state index contributed by atoms with van der Waals surface area (Å²) in [6, 6.07) is 7.45. The van der Waals surface area contributed by atoms with E-state index in [0.29, 0.717) is 17.3 Å². The number of nitro groups is 1. The van der Waals surface area contributed by atoms with Gasteiger partial charge in [-0.3, -0.25) is 14.9 Å². The monoisotopic (exact) mass is 393 g/mol. The maximum Gasteiger partial charge on any atom is 0.286 e. The van der Waals surface area contributed by atoms with Crippen molar-refractivity contribution in [1.82, 2.24) is 0 Å². The number of hydrogen-bond acceptors (Lipinski definition) is 6. The van der Waals surface area contributed by atoms with Crippen LogP contribution in [0.15, 0.2) is 30.3 Å². The molecule has 0 spiro atoms. The quantitative estimate of drug-likeness (QED) is 0.565. The smallest absolute Gasteiger partial charge is 0.286 e. The summed E-state index contributed by atoms with van der Waals surface area (Å²) in [5, 5.41) is 14.5. The highest BCUT2D eigenvalue weighted by atomic mass is 35.5. The lowest BCUT2D eigenvalue weighted by molar-refractivity contribution is -0.385. The van der Waals surface area contributed by atoms with Crippen LogP contribution in [-0.2, 0) is 0 Å². The van der Waals surface area contributed by atoms with Crippen molar-refractivity contribution >= 4 is 34.6 Å². The Morgan fingerprint density at radius 3 is 2.48 bits per heavy atom. The van der Waals surface area contributed by atoms with E-state index >= 15 is 0 Å². The van der Waals surface area contributed by atoms with E-state index in [2.05, 4.69) is 5.32 Å². The number of benzene rings is 2. The van der Waals surface area contributed by atoms with E-state index in [1.165, 1.54) is 19.2 Å². The summed E-state index contributed by atoms with van der Waals surface area (Å²) in [4.78, 5) is 25.2. The van der Waals surface area contributed by atoms with Crippen LogP contribution in [0, 0.1) is 10.1 Å². The van der Waals surface area contributed by atoms with E-state index in [1.54, 1.807) is 25.1 Å². The molecule has 0 bridgehead atoms. The SMILES string of the molecule is CCOc1cc([N+](=O)[O-])c(C(=O)Nc2ccc(N(C)C)c(Cl)c2)cc1OC. The number of carbonyl (C=O) groups excluding carboxylic acids is 1. The molecule has 2 aromatic carbocycles. The van der Waals surface area contributed by atoms with Gasteiger partial charge in [-0.2, -0.15) is 0 Å². The molecule has 27 heavy (non-hydrogen) atoms. The molecule has 0 aliphatic heterocycles. The summed E-state index contributed by atoms with van der Waals surface area (Å²) in [6.45, 7) is 2.04.